The third kappa shape index (κ3) is 6.93. The summed E-state index contributed by atoms with van der Waals surface area (Å²) < 4.78 is 31.6. The molecule has 1 aromatic rings. The van der Waals surface area contributed by atoms with Crippen LogP contribution in [0.15, 0.2) is 24.3 Å². The van der Waals surface area contributed by atoms with Gasteiger partial charge in [-0.2, -0.15) is 0 Å². The number of rotatable bonds is 9. The van der Waals surface area contributed by atoms with Crippen molar-refractivity contribution in [3.8, 4) is 0 Å². The molecule has 21 heavy (non-hydrogen) atoms. The zero-order valence-electron chi connectivity index (χ0n) is 13.2. The number of benzene rings is 1. The van der Waals surface area contributed by atoms with E-state index in [1.54, 1.807) is 12.1 Å². The van der Waals surface area contributed by atoms with Crippen LogP contribution in [-0.4, -0.2) is 33.4 Å². The van der Waals surface area contributed by atoms with Crippen LogP contribution in [0.3, 0.4) is 0 Å². The van der Waals surface area contributed by atoms with Gasteiger partial charge in [0, 0.05) is 11.7 Å². The van der Waals surface area contributed by atoms with Gasteiger partial charge in [-0.3, -0.25) is 4.72 Å². The SMILES string of the molecule is CCNC(C)c1ccc(NS(=O)(=O)CCOC(C)C)cc1. The monoisotopic (exact) mass is 314 g/mol. The molecule has 6 heteroatoms. The van der Waals surface area contributed by atoms with Crippen molar-refractivity contribution in [3.05, 3.63) is 29.8 Å². The zero-order valence-corrected chi connectivity index (χ0v) is 14.0. The van der Waals surface area contributed by atoms with Crippen molar-refractivity contribution in [1.29, 1.82) is 0 Å². The molecule has 1 rings (SSSR count). The minimum atomic E-state index is -3.36. The molecule has 5 nitrogen and oxygen atoms in total. The molecule has 1 unspecified atom stereocenters. The van der Waals surface area contributed by atoms with Crippen LogP contribution in [0.5, 0.6) is 0 Å². The van der Waals surface area contributed by atoms with Gasteiger partial charge in [0.2, 0.25) is 10.0 Å². The first-order valence-corrected chi connectivity index (χ1v) is 8.94. The molecule has 0 radical (unpaired) electrons. The van der Waals surface area contributed by atoms with Crippen molar-refractivity contribution in [1.82, 2.24) is 5.32 Å². The summed E-state index contributed by atoms with van der Waals surface area (Å²) >= 11 is 0. The molecule has 2 N–H and O–H groups in total. The van der Waals surface area contributed by atoms with E-state index in [4.69, 9.17) is 4.74 Å². The summed E-state index contributed by atoms with van der Waals surface area (Å²) in [4.78, 5) is 0. The molecular weight excluding hydrogens is 288 g/mol. The van der Waals surface area contributed by atoms with Crippen LogP contribution in [0.4, 0.5) is 5.69 Å². The maximum absolute atomic E-state index is 11.9. The predicted molar refractivity (Wildman–Crippen MR) is 87.0 cm³/mol. The molecule has 0 amide bonds. The number of hydrogen-bond donors (Lipinski definition) is 2. The van der Waals surface area contributed by atoms with Gasteiger partial charge in [0.15, 0.2) is 0 Å². The van der Waals surface area contributed by atoms with Gasteiger partial charge < -0.3 is 10.1 Å². The summed E-state index contributed by atoms with van der Waals surface area (Å²) in [5, 5.41) is 3.31. The highest BCUT2D eigenvalue weighted by Gasteiger charge is 2.11. The van der Waals surface area contributed by atoms with Crippen molar-refractivity contribution < 1.29 is 13.2 Å². The Morgan fingerprint density at radius 3 is 2.29 bits per heavy atom. The van der Waals surface area contributed by atoms with E-state index < -0.39 is 10.0 Å². The topological polar surface area (TPSA) is 67.4 Å². The Hall–Kier alpha value is -1.11. The molecule has 0 saturated carbocycles. The summed E-state index contributed by atoms with van der Waals surface area (Å²) in [7, 11) is -3.36. The Kier molecular flexibility index (Phi) is 7.14. The lowest BCUT2D eigenvalue weighted by atomic mass is 10.1. The zero-order chi connectivity index (χ0) is 15.9. The van der Waals surface area contributed by atoms with Gasteiger partial charge in [-0.1, -0.05) is 19.1 Å². The molecule has 0 fully saturated rings. The van der Waals surface area contributed by atoms with Gasteiger partial charge in [0.1, 0.15) is 0 Å². The van der Waals surface area contributed by atoms with Crippen LogP contribution in [0.1, 0.15) is 39.3 Å². The number of anilines is 1. The van der Waals surface area contributed by atoms with E-state index in [1.165, 1.54) is 0 Å². The van der Waals surface area contributed by atoms with Crippen molar-refractivity contribution >= 4 is 15.7 Å². The Labute approximate surface area is 128 Å². The molecule has 0 aliphatic heterocycles. The van der Waals surface area contributed by atoms with E-state index in [2.05, 4.69) is 23.9 Å². The standard InChI is InChI=1S/C15H26N2O3S/c1-5-16-13(4)14-6-8-15(9-7-14)17-21(18,19)11-10-20-12(2)3/h6-9,12-13,16-17H,5,10-11H2,1-4H3. The lowest BCUT2D eigenvalue weighted by molar-refractivity contribution is 0.0913. The van der Waals surface area contributed by atoms with Crippen LogP contribution >= 0.6 is 0 Å². The van der Waals surface area contributed by atoms with Gasteiger partial charge in [0.05, 0.1) is 18.5 Å². The van der Waals surface area contributed by atoms with Crippen LogP contribution in [0, 0.1) is 0 Å². The second kappa shape index (κ2) is 8.36. The first kappa shape index (κ1) is 17.9. The Balaban J connectivity index is 2.58. The first-order valence-electron chi connectivity index (χ1n) is 7.29. The molecular formula is C15H26N2O3S. The van der Waals surface area contributed by atoms with E-state index in [0.29, 0.717) is 5.69 Å². The molecule has 0 bridgehead atoms. The lowest BCUT2D eigenvalue weighted by Gasteiger charge is -2.14. The minimum absolute atomic E-state index is 0.0343. The highest BCUT2D eigenvalue weighted by Crippen LogP contribution is 2.16. The largest absolute Gasteiger partial charge is 0.378 e. The fourth-order valence-corrected chi connectivity index (χ4v) is 2.80. The highest BCUT2D eigenvalue weighted by atomic mass is 32.2. The predicted octanol–water partition coefficient (Wildman–Crippen LogP) is 2.52. The van der Waals surface area contributed by atoms with Crippen molar-refractivity contribution in [3.63, 3.8) is 0 Å². The summed E-state index contributed by atoms with van der Waals surface area (Å²) in [5.74, 6) is -0.0409. The molecule has 120 valence electrons. The van der Waals surface area contributed by atoms with E-state index in [-0.39, 0.29) is 24.5 Å². The molecule has 0 spiro atoms. The first-order chi connectivity index (χ1) is 9.84. The quantitative estimate of drug-likeness (QED) is 0.735. The molecule has 1 atom stereocenters. The molecule has 0 aliphatic rings. The van der Waals surface area contributed by atoms with E-state index in [0.717, 1.165) is 12.1 Å². The van der Waals surface area contributed by atoms with Crippen molar-refractivity contribution in [2.75, 3.05) is 23.6 Å². The second-order valence-electron chi connectivity index (χ2n) is 5.24. The molecule has 0 aromatic heterocycles. The van der Waals surface area contributed by atoms with Gasteiger partial charge in [-0.15, -0.1) is 0 Å². The van der Waals surface area contributed by atoms with Gasteiger partial charge in [-0.25, -0.2) is 8.42 Å². The average molecular weight is 314 g/mol. The molecule has 0 saturated heterocycles. The van der Waals surface area contributed by atoms with Gasteiger partial charge in [0.25, 0.3) is 0 Å². The van der Waals surface area contributed by atoms with Crippen LogP contribution < -0.4 is 10.0 Å². The number of hydrogen-bond acceptors (Lipinski definition) is 4. The number of nitrogens with one attached hydrogen (secondary N) is 2. The Bertz CT molecular complexity index is 512. The highest BCUT2D eigenvalue weighted by molar-refractivity contribution is 7.92. The normalized spacial score (nSPS) is 13.4. The van der Waals surface area contributed by atoms with E-state index in [9.17, 15) is 8.42 Å². The smallest absolute Gasteiger partial charge is 0.234 e. The van der Waals surface area contributed by atoms with Crippen LogP contribution in [-0.2, 0) is 14.8 Å². The maximum Gasteiger partial charge on any atom is 0.234 e. The molecule has 0 heterocycles. The third-order valence-corrected chi connectivity index (χ3v) is 4.25. The Morgan fingerprint density at radius 1 is 1.14 bits per heavy atom. The fourth-order valence-electron chi connectivity index (χ4n) is 1.89. The number of sulfonamides is 1. The summed E-state index contributed by atoms with van der Waals surface area (Å²) in [6, 6.07) is 7.67. The molecule has 0 aliphatic carbocycles. The number of ether oxygens (including phenoxy) is 1. The van der Waals surface area contributed by atoms with Crippen LogP contribution in [0.2, 0.25) is 0 Å². The van der Waals surface area contributed by atoms with Crippen molar-refractivity contribution in [2.24, 2.45) is 0 Å². The van der Waals surface area contributed by atoms with Crippen molar-refractivity contribution in [2.45, 2.75) is 39.8 Å². The van der Waals surface area contributed by atoms with E-state index >= 15 is 0 Å². The average Bonchev–Trinajstić information content (AvgIpc) is 2.38. The summed E-state index contributed by atoms with van der Waals surface area (Å²) in [6.07, 6.45) is 0.0343. The third-order valence-electron chi connectivity index (χ3n) is 3.00. The molecule has 1 aromatic carbocycles. The lowest BCUT2D eigenvalue weighted by Crippen LogP contribution is -2.21. The van der Waals surface area contributed by atoms with E-state index in [1.807, 2.05) is 26.0 Å². The maximum atomic E-state index is 11.9. The minimum Gasteiger partial charge on any atom is -0.378 e. The Morgan fingerprint density at radius 2 is 1.76 bits per heavy atom. The van der Waals surface area contributed by atoms with Gasteiger partial charge >= 0.3 is 0 Å². The fraction of sp³-hybridized carbons (Fsp3) is 0.600. The second-order valence-corrected chi connectivity index (χ2v) is 7.08. The summed E-state index contributed by atoms with van der Waals surface area (Å²) in [5.41, 5.74) is 1.70. The van der Waals surface area contributed by atoms with Gasteiger partial charge in [-0.05, 0) is 45.0 Å². The summed E-state index contributed by atoms with van der Waals surface area (Å²) in [6.45, 7) is 8.98. The van der Waals surface area contributed by atoms with Crippen LogP contribution in [0.25, 0.3) is 0 Å².